The van der Waals surface area contributed by atoms with Gasteiger partial charge in [0.15, 0.2) is 0 Å². The normalized spacial score (nSPS) is 19.1. The van der Waals surface area contributed by atoms with Gasteiger partial charge in [-0.3, -0.25) is 4.79 Å². The summed E-state index contributed by atoms with van der Waals surface area (Å²) in [5.41, 5.74) is 2.66. The van der Waals surface area contributed by atoms with Crippen LogP contribution in [0, 0.1) is 11.7 Å². The van der Waals surface area contributed by atoms with Gasteiger partial charge in [0.05, 0.1) is 6.10 Å². The van der Waals surface area contributed by atoms with E-state index >= 15 is 0 Å². The van der Waals surface area contributed by atoms with Crippen molar-refractivity contribution in [3.05, 3.63) is 69.4 Å². The molecule has 2 aromatic carbocycles. The minimum atomic E-state index is -0.606. The highest BCUT2D eigenvalue weighted by Gasteiger charge is 2.30. The molecule has 28 heavy (non-hydrogen) atoms. The molecule has 0 spiro atoms. The smallest absolute Gasteiger partial charge is 0.254 e. The minimum absolute atomic E-state index is 0.136. The van der Waals surface area contributed by atoms with E-state index in [0.717, 1.165) is 53.6 Å². The summed E-state index contributed by atoms with van der Waals surface area (Å²) in [6, 6.07) is 11.9. The topological polar surface area (TPSA) is 43.8 Å². The van der Waals surface area contributed by atoms with Crippen molar-refractivity contribution in [2.75, 3.05) is 26.2 Å². The number of carbonyl (C=O) groups excluding carboxylic acids is 1. The van der Waals surface area contributed by atoms with Crippen molar-refractivity contribution in [1.29, 1.82) is 0 Å². The average molecular weight is 447 g/mol. The summed E-state index contributed by atoms with van der Waals surface area (Å²) in [7, 11) is 0. The molecule has 1 amide bonds. The fourth-order valence-electron chi connectivity index (χ4n) is 4.20. The first kappa shape index (κ1) is 19.6. The number of amides is 1. The number of nitrogens with zero attached hydrogens (tertiary/aromatic N) is 2. The molecular weight excluding hydrogens is 423 g/mol. The number of halogens is 2. The van der Waals surface area contributed by atoms with Crippen LogP contribution in [0.5, 0.6) is 0 Å². The third-order valence-electron chi connectivity index (χ3n) is 5.82. The van der Waals surface area contributed by atoms with Gasteiger partial charge < -0.3 is 14.9 Å². The number of likely N-dealkylation sites (tertiary alicyclic amines) is 1. The Labute approximate surface area is 173 Å². The SMILES string of the molecule is O=C1c2ccc(Br)cc2CN1CC1CCN(CC(O)c2ccc(F)cc2)CC1. The van der Waals surface area contributed by atoms with E-state index in [1.54, 1.807) is 12.1 Å². The second-order valence-electron chi connectivity index (χ2n) is 7.80. The average Bonchev–Trinajstić information content (AvgIpc) is 2.98. The van der Waals surface area contributed by atoms with Gasteiger partial charge in [0, 0.05) is 29.7 Å². The van der Waals surface area contributed by atoms with Crippen LogP contribution in [0.25, 0.3) is 0 Å². The number of β-amino-alcohol motifs (C(OH)–C–C–N with tert-alkyl or cyclic N) is 1. The Bertz CT molecular complexity index is 850. The first-order chi connectivity index (χ1) is 13.5. The lowest BCUT2D eigenvalue weighted by atomic mass is 9.95. The summed E-state index contributed by atoms with van der Waals surface area (Å²) in [6.45, 7) is 3.85. The van der Waals surface area contributed by atoms with Crippen molar-refractivity contribution in [2.24, 2.45) is 5.92 Å². The van der Waals surface area contributed by atoms with Crippen LogP contribution in [0.2, 0.25) is 0 Å². The van der Waals surface area contributed by atoms with E-state index in [-0.39, 0.29) is 11.7 Å². The summed E-state index contributed by atoms with van der Waals surface area (Å²) >= 11 is 3.48. The van der Waals surface area contributed by atoms with Crippen LogP contribution in [0.4, 0.5) is 4.39 Å². The van der Waals surface area contributed by atoms with Gasteiger partial charge in [-0.1, -0.05) is 28.1 Å². The lowest BCUT2D eigenvalue weighted by Gasteiger charge is -2.34. The zero-order chi connectivity index (χ0) is 19.7. The molecule has 0 aromatic heterocycles. The first-order valence-corrected chi connectivity index (χ1v) is 10.5. The number of carbonyl (C=O) groups is 1. The lowest BCUT2D eigenvalue weighted by Crippen LogP contribution is -2.40. The number of hydrogen-bond donors (Lipinski definition) is 1. The van der Waals surface area contributed by atoms with Crippen LogP contribution >= 0.6 is 15.9 Å². The standard InChI is InChI=1S/C22H24BrFN2O2/c23-18-3-6-20-17(11-18)13-26(22(20)28)12-15-7-9-25(10-8-15)14-21(27)16-1-4-19(24)5-2-16/h1-6,11,15,21,27H,7-10,12-14H2. The maximum atomic E-state index is 13.0. The molecule has 6 heteroatoms. The summed E-state index contributed by atoms with van der Waals surface area (Å²) in [5, 5.41) is 10.4. The van der Waals surface area contributed by atoms with Gasteiger partial charge in [0.25, 0.3) is 5.91 Å². The molecule has 0 bridgehead atoms. The Morgan fingerprint density at radius 2 is 1.86 bits per heavy atom. The van der Waals surface area contributed by atoms with Gasteiger partial charge >= 0.3 is 0 Å². The lowest BCUT2D eigenvalue weighted by molar-refractivity contribution is 0.0654. The van der Waals surface area contributed by atoms with Crippen LogP contribution in [0.1, 0.15) is 40.4 Å². The zero-order valence-electron chi connectivity index (χ0n) is 15.7. The first-order valence-electron chi connectivity index (χ1n) is 9.73. The molecule has 1 unspecified atom stereocenters. The van der Waals surface area contributed by atoms with Crippen LogP contribution in [0.3, 0.4) is 0 Å². The fraction of sp³-hybridized carbons (Fsp3) is 0.409. The van der Waals surface area contributed by atoms with Gasteiger partial charge in [0.1, 0.15) is 5.82 Å². The molecule has 1 saturated heterocycles. The molecule has 4 nitrogen and oxygen atoms in total. The summed E-state index contributed by atoms with van der Waals surface area (Å²) < 4.78 is 14.0. The second-order valence-corrected chi connectivity index (χ2v) is 8.71. The number of aliphatic hydroxyl groups excluding tert-OH is 1. The van der Waals surface area contributed by atoms with Crippen molar-refractivity contribution in [3.8, 4) is 0 Å². The Kier molecular flexibility index (Phi) is 5.80. The molecule has 0 aliphatic carbocycles. The molecule has 2 aliphatic heterocycles. The number of piperidine rings is 1. The number of hydrogen-bond acceptors (Lipinski definition) is 3. The molecule has 2 aliphatic rings. The van der Waals surface area contributed by atoms with E-state index in [4.69, 9.17) is 0 Å². The predicted octanol–water partition coefficient (Wildman–Crippen LogP) is 3.99. The van der Waals surface area contributed by atoms with Crippen LogP contribution in [-0.4, -0.2) is 47.0 Å². The molecule has 148 valence electrons. The monoisotopic (exact) mass is 446 g/mol. The second kappa shape index (κ2) is 8.31. The van der Waals surface area contributed by atoms with E-state index in [1.165, 1.54) is 12.1 Å². The molecule has 4 rings (SSSR count). The van der Waals surface area contributed by atoms with E-state index in [2.05, 4.69) is 20.8 Å². The van der Waals surface area contributed by atoms with Crippen molar-refractivity contribution in [1.82, 2.24) is 9.80 Å². The molecule has 2 heterocycles. The van der Waals surface area contributed by atoms with Gasteiger partial charge in [0.2, 0.25) is 0 Å². The highest BCUT2D eigenvalue weighted by atomic mass is 79.9. The molecule has 0 radical (unpaired) electrons. The highest BCUT2D eigenvalue weighted by Crippen LogP contribution is 2.29. The molecule has 0 saturated carbocycles. The highest BCUT2D eigenvalue weighted by molar-refractivity contribution is 9.10. The Morgan fingerprint density at radius 3 is 2.57 bits per heavy atom. The molecule has 2 aromatic rings. The summed E-state index contributed by atoms with van der Waals surface area (Å²) in [4.78, 5) is 16.8. The fourth-order valence-corrected chi connectivity index (χ4v) is 4.60. The largest absolute Gasteiger partial charge is 0.387 e. The summed E-state index contributed by atoms with van der Waals surface area (Å²) in [5.74, 6) is 0.334. The van der Waals surface area contributed by atoms with E-state index in [0.29, 0.717) is 19.0 Å². The quantitative estimate of drug-likeness (QED) is 0.754. The van der Waals surface area contributed by atoms with Crippen molar-refractivity contribution < 1.29 is 14.3 Å². The van der Waals surface area contributed by atoms with Crippen molar-refractivity contribution >= 4 is 21.8 Å². The predicted molar refractivity (Wildman–Crippen MR) is 109 cm³/mol. The molecule has 1 atom stereocenters. The van der Waals surface area contributed by atoms with Gasteiger partial charge in [-0.05, 0) is 73.3 Å². The van der Waals surface area contributed by atoms with Crippen LogP contribution in [0.15, 0.2) is 46.9 Å². The van der Waals surface area contributed by atoms with E-state index in [9.17, 15) is 14.3 Å². The molecular formula is C22H24BrFN2O2. The maximum absolute atomic E-state index is 13.0. The van der Waals surface area contributed by atoms with Crippen molar-refractivity contribution in [2.45, 2.75) is 25.5 Å². The third kappa shape index (κ3) is 4.29. The molecule has 1 fully saturated rings. The van der Waals surface area contributed by atoms with Gasteiger partial charge in [-0.25, -0.2) is 4.39 Å². The third-order valence-corrected chi connectivity index (χ3v) is 6.31. The number of benzene rings is 2. The van der Waals surface area contributed by atoms with Crippen LogP contribution < -0.4 is 0 Å². The minimum Gasteiger partial charge on any atom is -0.387 e. The number of fused-ring (bicyclic) bond motifs is 1. The van der Waals surface area contributed by atoms with E-state index in [1.807, 2.05) is 23.1 Å². The van der Waals surface area contributed by atoms with Crippen LogP contribution in [-0.2, 0) is 6.54 Å². The zero-order valence-corrected chi connectivity index (χ0v) is 17.2. The molecule has 1 N–H and O–H groups in total. The Morgan fingerprint density at radius 1 is 1.14 bits per heavy atom. The van der Waals surface area contributed by atoms with Gasteiger partial charge in [-0.2, -0.15) is 0 Å². The summed E-state index contributed by atoms with van der Waals surface area (Å²) in [6.07, 6.45) is 1.42. The van der Waals surface area contributed by atoms with Gasteiger partial charge in [-0.15, -0.1) is 0 Å². The Balaban J connectivity index is 1.27. The van der Waals surface area contributed by atoms with E-state index < -0.39 is 6.10 Å². The Hall–Kier alpha value is -1.76. The van der Waals surface area contributed by atoms with Crippen molar-refractivity contribution in [3.63, 3.8) is 0 Å². The number of aliphatic hydroxyl groups is 1. The maximum Gasteiger partial charge on any atom is 0.254 e. The number of rotatable bonds is 5.